The summed E-state index contributed by atoms with van der Waals surface area (Å²) in [6.07, 6.45) is 0. The molecule has 3 aromatic rings. The van der Waals surface area contributed by atoms with Crippen LogP contribution in [-0.2, 0) is 14.8 Å². The van der Waals surface area contributed by atoms with Crippen LogP contribution in [-0.4, -0.2) is 31.7 Å². The Morgan fingerprint density at radius 2 is 2.13 bits per heavy atom. The number of nitrogens with one attached hydrogen (secondary N) is 2. The summed E-state index contributed by atoms with van der Waals surface area (Å²) in [5.41, 5.74) is 0.976. The summed E-state index contributed by atoms with van der Waals surface area (Å²) < 4.78 is 32.1. The predicted octanol–water partition coefficient (Wildman–Crippen LogP) is 2.87. The number of esters is 1. The number of benzene rings is 1. The van der Waals surface area contributed by atoms with E-state index in [1.165, 1.54) is 25.3 Å². The summed E-state index contributed by atoms with van der Waals surface area (Å²) in [5.74, 6) is -0.610. The first-order valence-electron chi connectivity index (χ1n) is 6.25. The van der Waals surface area contributed by atoms with Crippen LogP contribution in [0.3, 0.4) is 0 Å². The average Bonchev–Trinajstić information content (AvgIpc) is 3.12. The molecule has 3 rings (SSSR count). The number of rotatable bonds is 4. The van der Waals surface area contributed by atoms with E-state index in [-0.39, 0.29) is 9.90 Å². The number of aromatic amines is 1. The number of carbonyl (C=O) groups excluding carboxylic acids is 1. The molecule has 120 valence electrons. The molecule has 2 aromatic heterocycles. The maximum atomic E-state index is 12.3. The van der Waals surface area contributed by atoms with Gasteiger partial charge in [0.05, 0.1) is 17.0 Å². The largest absolute Gasteiger partial charge is 0.464 e. The SMILES string of the molecule is COC(=O)c1n[nH]c2ccc(NS(=O)(=O)c3ccc(Cl)s3)cc12. The Kier molecular flexibility index (Phi) is 4.00. The molecule has 0 saturated carbocycles. The summed E-state index contributed by atoms with van der Waals surface area (Å²) in [7, 11) is -2.50. The molecule has 0 fully saturated rings. The molecule has 7 nitrogen and oxygen atoms in total. The Morgan fingerprint density at radius 1 is 1.35 bits per heavy atom. The van der Waals surface area contributed by atoms with Gasteiger partial charge in [0.25, 0.3) is 10.0 Å². The molecule has 0 aliphatic rings. The molecule has 2 N–H and O–H groups in total. The van der Waals surface area contributed by atoms with E-state index in [0.29, 0.717) is 20.9 Å². The molecular formula is C13H10ClN3O4S2. The Hall–Kier alpha value is -2.10. The van der Waals surface area contributed by atoms with E-state index < -0.39 is 16.0 Å². The topological polar surface area (TPSA) is 101 Å². The summed E-state index contributed by atoms with van der Waals surface area (Å²) >= 11 is 6.72. The molecule has 0 aliphatic heterocycles. The summed E-state index contributed by atoms with van der Waals surface area (Å²) in [6.45, 7) is 0. The number of anilines is 1. The highest BCUT2D eigenvalue weighted by atomic mass is 35.5. The number of hydrogen-bond donors (Lipinski definition) is 2. The normalized spacial score (nSPS) is 11.6. The van der Waals surface area contributed by atoms with E-state index in [2.05, 4.69) is 19.7 Å². The van der Waals surface area contributed by atoms with Crippen LogP contribution in [0.15, 0.2) is 34.5 Å². The third kappa shape index (κ3) is 3.03. The number of H-pyrrole nitrogens is 1. The van der Waals surface area contributed by atoms with Gasteiger partial charge in [-0.3, -0.25) is 9.82 Å². The number of ether oxygens (including phenoxy) is 1. The minimum atomic E-state index is -3.75. The van der Waals surface area contributed by atoms with Crippen LogP contribution in [0.25, 0.3) is 10.9 Å². The standard InChI is InChI=1S/C13H10ClN3O4S2/c1-21-13(18)12-8-6-7(2-3-9(8)15-16-12)17-23(19,20)11-5-4-10(14)22-11/h2-6,17H,1H3,(H,15,16). The van der Waals surface area contributed by atoms with E-state index in [0.717, 1.165) is 11.3 Å². The van der Waals surface area contributed by atoms with Crippen molar-refractivity contribution in [3.8, 4) is 0 Å². The van der Waals surface area contributed by atoms with E-state index >= 15 is 0 Å². The van der Waals surface area contributed by atoms with Crippen molar-refractivity contribution in [2.45, 2.75) is 4.21 Å². The molecule has 0 atom stereocenters. The van der Waals surface area contributed by atoms with Crippen molar-refractivity contribution in [1.29, 1.82) is 0 Å². The van der Waals surface area contributed by atoms with Gasteiger partial charge in [-0.25, -0.2) is 13.2 Å². The summed E-state index contributed by atoms with van der Waals surface area (Å²) in [4.78, 5) is 11.7. The lowest BCUT2D eigenvalue weighted by Gasteiger charge is -2.06. The molecule has 0 spiro atoms. The highest BCUT2D eigenvalue weighted by Gasteiger charge is 2.19. The molecule has 0 bridgehead atoms. The average molecular weight is 372 g/mol. The molecule has 0 unspecified atom stereocenters. The molecule has 0 radical (unpaired) electrons. The van der Waals surface area contributed by atoms with Crippen molar-refractivity contribution in [3.05, 3.63) is 40.4 Å². The van der Waals surface area contributed by atoms with Crippen LogP contribution in [0.5, 0.6) is 0 Å². The molecule has 2 heterocycles. The molecule has 1 aromatic carbocycles. The van der Waals surface area contributed by atoms with Crippen LogP contribution in [0.1, 0.15) is 10.5 Å². The van der Waals surface area contributed by atoms with Gasteiger partial charge in [-0.15, -0.1) is 11.3 Å². The smallest absolute Gasteiger partial charge is 0.359 e. The second-order valence-corrected chi connectivity index (χ2v) is 8.11. The zero-order chi connectivity index (χ0) is 16.6. The molecule has 0 saturated heterocycles. The van der Waals surface area contributed by atoms with Gasteiger partial charge in [0.1, 0.15) is 4.21 Å². The van der Waals surface area contributed by atoms with Crippen molar-refractivity contribution in [1.82, 2.24) is 10.2 Å². The van der Waals surface area contributed by atoms with E-state index in [1.807, 2.05) is 0 Å². The van der Waals surface area contributed by atoms with E-state index in [1.54, 1.807) is 12.1 Å². The van der Waals surface area contributed by atoms with Gasteiger partial charge in [-0.1, -0.05) is 11.6 Å². The number of fused-ring (bicyclic) bond motifs is 1. The van der Waals surface area contributed by atoms with Crippen molar-refractivity contribution >= 4 is 55.5 Å². The van der Waals surface area contributed by atoms with E-state index in [9.17, 15) is 13.2 Å². The fourth-order valence-electron chi connectivity index (χ4n) is 1.98. The fourth-order valence-corrected chi connectivity index (χ4v) is 4.51. The quantitative estimate of drug-likeness (QED) is 0.687. The van der Waals surface area contributed by atoms with Crippen molar-refractivity contribution < 1.29 is 17.9 Å². The highest BCUT2D eigenvalue weighted by molar-refractivity contribution is 7.94. The number of methoxy groups -OCH3 is 1. The van der Waals surface area contributed by atoms with Crippen molar-refractivity contribution in [3.63, 3.8) is 0 Å². The highest BCUT2D eigenvalue weighted by Crippen LogP contribution is 2.28. The first-order valence-corrected chi connectivity index (χ1v) is 8.93. The van der Waals surface area contributed by atoms with Crippen molar-refractivity contribution in [2.75, 3.05) is 11.8 Å². The number of halogens is 1. The first-order chi connectivity index (χ1) is 10.9. The number of hydrogen-bond acceptors (Lipinski definition) is 6. The van der Waals surface area contributed by atoms with Crippen molar-refractivity contribution in [2.24, 2.45) is 0 Å². The maximum absolute atomic E-state index is 12.3. The van der Waals surface area contributed by atoms with Crippen LogP contribution in [0, 0.1) is 0 Å². The summed E-state index contributed by atoms with van der Waals surface area (Å²) in [6, 6.07) is 7.63. The number of aromatic nitrogens is 2. The van der Waals surface area contributed by atoms with Gasteiger partial charge in [-0.05, 0) is 30.3 Å². The van der Waals surface area contributed by atoms with Gasteiger partial charge in [0.15, 0.2) is 5.69 Å². The number of carbonyl (C=O) groups is 1. The van der Waals surface area contributed by atoms with E-state index in [4.69, 9.17) is 11.6 Å². The minimum Gasteiger partial charge on any atom is -0.464 e. The number of thiophene rings is 1. The molecule has 10 heteroatoms. The molecule has 0 amide bonds. The third-order valence-corrected chi connectivity index (χ3v) is 6.11. The lowest BCUT2D eigenvalue weighted by molar-refractivity contribution is 0.0596. The minimum absolute atomic E-state index is 0.0858. The van der Waals surface area contributed by atoms with Crippen LogP contribution < -0.4 is 4.72 Å². The Labute approximate surface area is 140 Å². The summed E-state index contributed by atoms with van der Waals surface area (Å²) in [5, 5.41) is 7.02. The van der Waals surface area contributed by atoms with Crippen LogP contribution >= 0.6 is 22.9 Å². The number of sulfonamides is 1. The van der Waals surface area contributed by atoms with Gasteiger partial charge >= 0.3 is 5.97 Å². The Balaban J connectivity index is 1.99. The second kappa shape index (κ2) is 5.84. The molecule has 0 aliphatic carbocycles. The second-order valence-electron chi connectivity index (χ2n) is 4.49. The van der Waals surface area contributed by atoms with Gasteiger partial charge in [0, 0.05) is 11.1 Å². The molecule has 23 heavy (non-hydrogen) atoms. The van der Waals surface area contributed by atoms with Gasteiger partial charge < -0.3 is 4.74 Å². The number of nitrogens with zero attached hydrogens (tertiary/aromatic N) is 1. The molecular weight excluding hydrogens is 362 g/mol. The maximum Gasteiger partial charge on any atom is 0.359 e. The van der Waals surface area contributed by atoms with Crippen LogP contribution in [0.4, 0.5) is 5.69 Å². The first kappa shape index (κ1) is 15.8. The lowest BCUT2D eigenvalue weighted by Crippen LogP contribution is -2.11. The van der Waals surface area contributed by atoms with Gasteiger partial charge in [-0.2, -0.15) is 5.10 Å². The Morgan fingerprint density at radius 3 is 2.78 bits per heavy atom. The fraction of sp³-hybridized carbons (Fsp3) is 0.0769. The lowest BCUT2D eigenvalue weighted by atomic mass is 10.2. The van der Waals surface area contributed by atoms with Crippen LogP contribution in [0.2, 0.25) is 4.34 Å². The third-order valence-electron chi connectivity index (χ3n) is 3.01. The zero-order valence-electron chi connectivity index (χ0n) is 11.7. The zero-order valence-corrected chi connectivity index (χ0v) is 14.1. The Bertz CT molecular complexity index is 994. The predicted molar refractivity (Wildman–Crippen MR) is 87.6 cm³/mol. The monoisotopic (exact) mass is 371 g/mol. The van der Waals surface area contributed by atoms with Gasteiger partial charge in [0.2, 0.25) is 0 Å².